The summed E-state index contributed by atoms with van der Waals surface area (Å²) < 4.78 is 0. The predicted molar refractivity (Wildman–Crippen MR) is 144 cm³/mol. The first kappa shape index (κ1) is 26.1. The SMILES string of the molecule is CCCN(CCC)CCCNC(=O)c1ccc2c(c1)NC(=O)C(CSCc1ccccc1C)N2. The van der Waals surface area contributed by atoms with Crippen molar-refractivity contribution in [2.24, 2.45) is 0 Å². The Kier molecular flexibility index (Phi) is 10.3. The number of anilines is 2. The van der Waals surface area contributed by atoms with E-state index in [1.807, 2.05) is 24.3 Å². The topological polar surface area (TPSA) is 73.5 Å². The molecule has 0 aliphatic carbocycles. The number of nitrogens with one attached hydrogen (secondary N) is 3. The molecule has 34 heavy (non-hydrogen) atoms. The van der Waals surface area contributed by atoms with Gasteiger partial charge in [0, 0.05) is 23.6 Å². The summed E-state index contributed by atoms with van der Waals surface area (Å²) in [6, 6.07) is 13.5. The van der Waals surface area contributed by atoms with E-state index in [1.54, 1.807) is 17.8 Å². The van der Waals surface area contributed by atoms with Gasteiger partial charge in [-0.3, -0.25) is 9.59 Å². The molecule has 1 heterocycles. The van der Waals surface area contributed by atoms with Gasteiger partial charge in [0.2, 0.25) is 5.91 Å². The molecule has 0 saturated carbocycles. The number of nitrogens with zero attached hydrogens (tertiary/aromatic N) is 1. The van der Waals surface area contributed by atoms with Gasteiger partial charge in [-0.15, -0.1) is 0 Å². The third kappa shape index (κ3) is 7.50. The van der Waals surface area contributed by atoms with Gasteiger partial charge in [0.25, 0.3) is 5.91 Å². The van der Waals surface area contributed by atoms with Gasteiger partial charge in [-0.25, -0.2) is 0 Å². The molecule has 0 fully saturated rings. The number of aryl methyl sites for hydroxylation is 1. The van der Waals surface area contributed by atoms with Crippen LogP contribution in [0.5, 0.6) is 0 Å². The summed E-state index contributed by atoms with van der Waals surface area (Å²) in [6.45, 7) is 10.3. The molecule has 1 atom stereocenters. The van der Waals surface area contributed by atoms with Gasteiger partial charge in [-0.05, 0) is 75.1 Å². The standard InChI is InChI=1S/C27H38N4O2S/c1-4-14-31(15-5-2)16-8-13-28-26(32)21-11-12-23-24(17-21)30-27(33)25(29-23)19-34-18-22-10-7-6-9-20(22)3/h6-7,9-12,17,25,29H,4-5,8,13-16,18-19H2,1-3H3,(H,28,32)(H,30,33). The minimum Gasteiger partial charge on any atom is -0.371 e. The molecular formula is C27H38N4O2S. The second-order valence-corrected chi connectivity index (χ2v) is 9.87. The van der Waals surface area contributed by atoms with Gasteiger partial charge in [-0.2, -0.15) is 11.8 Å². The number of carbonyl (C=O) groups is 2. The minimum atomic E-state index is -0.296. The lowest BCUT2D eigenvalue weighted by molar-refractivity contribution is -0.116. The summed E-state index contributed by atoms with van der Waals surface area (Å²) >= 11 is 1.74. The Balaban J connectivity index is 1.47. The monoisotopic (exact) mass is 482 g/mol. The number of fused-ring (bicyclic) bond motifs is 1. The van der Waals surface area contributed by atoms with Crippen molar-refractivity contribution in [3.05, 3.63) is 59.2 Å². The molecule has 0 spiro atoms. The second kappa shape index (κ2) is 13.4. The summed E-state index contributed by atoms with van der Waals surface area (Å²) in [6.07, 6.45) is 3.22. The van der Waals surface area contributed by atoms with Crippen LogP contribution < -0.4 is 16.0 Å². The summed E-state index contributed by atoms with van der Waals surface area (Å²) in [5.74, 6) is 1.38. The van der Waals surface area contributed by atoms with Gasteiger partial charge < -0.3 is 20.9 Å². The maximum atomic E-state index is 12.6. The third-order valence-electron chi connectivity index (χ3n) is 6.01. The lowest BCUT2D eigenvalue weighted by Crippen LogP contribution is -2.40. The lowest BCUT2D eigenvalue weighted by Gasteiger charge is -2.27. The maximum Gasteiger partial charge on any atom is 0.251 e. The summed E-state index contributed by atoms with van der Waals surface area (Å²) in [5.41, 5.74) is 4.64. The quantitative estimate of drug-likeness (QED) is 0.354. The van der Waals surface area contributed by atoms with Gasteiger partial charge in [0.05, 0.1) is 11.4 Å². The number of amides is 2. The van der Waals surface area contributed by atoms with Crippen molar-refractivity contribution in [1.29, 1.82) is 0 Å². The first-order valence-corrected chi connectivity index (χ1v) is 13.5. The Bertz CT molecular complexity index is 959. The van der Waals surface area contributed by atoms with Crippen LogP contribution in [0.4, 0.5) is 11.4 Å². The summed E-state index contributed by atoms with van der Waals surface area (Å²) in [7, 11) is 0. The molecule has 0 aromatic heterocycles. The summed E-state index contributed by atoms with van der Waals surface area (Å²) in [5, 5.41) is 9.32. The van der Waals surface area contributed by atoms with Crippen LogP contribution in [0.15, 0.2) is 42.5 Å². The zero-order valence-corrected chi connectivity index (χ0v) is 21.5. The number of benzene rings is 2. The molecule has 2 aromatic rings. The molecule has 1 unspecified atom stereocenters. The maximum absolute atomic E-state index is 12.6. The Morgan fingerprint density at radius 3 is 2.56 bits per heavy atom. The molecule has 184 valence electrons. The normalized spacial score (nSPS) is 14.9. The molecule has 1 aliphatic heterocycles. The van der Waals surface area contributed by atoms with Crippen molar-refractivity contribution < 1.29 is 9.59 Å². The van der Waals surface area contributed by atoms with Gasteiger partial charge >= 0.3 is 0 Å². The zero-order chi connectivity index (χ0) is 24.3. The average molecular weight is 483 g/mol. The van der Waals surface area contributed by atoms with Crippen molar-refractivity contribution in [2.45, 2.75) is 51.8 Å². The van der Waals surface area contributed by atoms with Gasteiger partial charge in [0.15, 0.2) is 0 Å². The number of carbonyl (C=O) groups excluding carboxylic acids is 2. The number of thioether (sulfide) groups is 1. The van der Waals surface area contributed by atoms with Crippen molar-refractivity contribution in [2.75, 3.05) is 42.6 Å². The molecule has 0 radical (unpaired) electrons. The fourth-order valence-electron chi connectivity index (χ4n) is 4.14. The Labute approximate surface area is 208 Å². The van der Waals surface area contributed by atoms with E-state index in [9.17, 15) is 9.59 Å². The molecule has 3 N–H and O–H groups in total. The van der Waals surface area contributed by atoms with Crippen LogP contribution in [-0.2, 0) is 10.5 Å². The van der Waals surface area contributed by atoms with E-state index >= 15 is 0 Å². The molecule has 7 heteroatoms. The highest BCUT2D eigenvalue weighted by Gasteiger charge is 2.26. The first-order chi connectivity index (χ1) is 16.5. The molecule has 2 amide bonds. The van der Waals surface area contributed by atoms with Crippen LogP contribution in [0.25, 0.3) is 0 Å². The highest BCUT2D eigenvalue weighted by atomic mass is 32.2. The number of rotatable bonds is 13. The fourth-order valence-corrected chi connectivity index (χ4v) is 5.27. The molecular weight excluding hydrogens is 444 g/mol. The van der Waals surface area contributed by atoms with E-state index in [0.29, 0.717) is 23.5 Å². The van der Waals surface area contributed by atoms with Crippen molar-refractivity contribution in [1.82, 2.24) is 10.2 Å². The first-order valence-electron chi connectivity index (χ1n) is 12.4. The molecule has 6 nitrogen and oxygen atoms in total. The van der Waals surface area contributed by atoms with Crippen LogP contribution in [0.2, 0.25) is 0 Å². The van der Waals surface area contributed by atoms with E-state index in [2.05, 4.69) is 53.8 Å². The Hall–Kier alpha value is -2.51. The van der Waals surface area contributed by atoms with Crippen LogP contribution in [0.1, 0.15) is 54.6 Å². The molecule has 0 saturated heterocycles. The highest BCUT2D eigenvalue weighted by Crippen LogP contribution is 2.29. The number of hydrogen-bond donors (Lipinski definition) is 3. The molecule has 1 aliphatic rings. The smallest absolute Gasteiger partial charge is 0.251 e. The van der Waals surface area contributed by atoms with E-state index in [4.69, 9.17) is 0 Å². The second-order valence-electron chi connectivity index (χ2n) is 8.84. The van der Waals surface area contributed by atoms with Crippen LogP contribution in [0, 0.1) is 6.92 Å². The molecule has 3 rings (SSSR count). The largest absolute Gasteiger partial charge is 0.371 e. The van der Waals surface area contributed by atoms with E-state index in [-0.39, 0.29) is 17.9 Å². The fraction of sp³-hybridized carbons (Fsp3) is 0.481. The third-order valence-corrected chi connectivity index (χ3v) is 7.09. The van der Waals surface area contributed by atoms with E-state index in [0.717, 1.165) is 50.3 Å². The van der Waals surface area contributed by atoms with E-state index in [1.165, 1.54) is 11.1 Å². The predicted octanol–water partition coefficient (Wildman–Crippen LogP) is 4.90. The van der Waals surface area contributed by atoms with Crippen LogP contribution in [-0.4, -0.2) is 54.7 Å². The Morgan fingerprint density at radius 1 is 1.06 bits per heavy atom. The van der Waals surface area contributed by atoms with Crippen molar-refractivity contribution >= 4 is 35.0 Å². The average Bonchev–Trinajstić information content (AvgIpc) is 2.83. The molecule has 0 bridgehead atoms. The van der Waals surface area contributed by atoms with Gasteiger partial charge in [-0.1, -0.05) is 38.1 Å². The Morgan fingerprint density at radius 2 is 1.82 bits per heavy atom. The minimum absolute atomic E-state index is 0.0609. The van der Waals surface area contributed by atoms with Crippen LogP contribution >= 0.6 is 11.8 Å². The zero-order valence-electron chi connectivity index (χ0n) is 20.7. The number of hydrogen-bond acceptors (Lipinski definition) is 5. The van der Waals surface area contributed by atoms with E-state index < -0.39 is 0 Å². The van der Waals surface area contributed by atoms with Crippen molar-refractivity contribution in [3.8, 4) is 0 Å². The van der Waals surface area contributed by atoms with Crippen molar-refractivity contribution in [3.63, 3.8) is 0 Å². The van der Waals surface area contributed by atoms with Gasteiger partial charge in [0.1, 0.15) is 6.04 Å². The molecule has 2 aromatic carbocycles. The highest BCUT2D eigenvalue weighted by molar-refractivity contribution is 7.98. The summed E-state index contributed by atoms with van der Waals surface area (Å²) in [4.78, 5) is 27.7. The van der Waals surface area contributed by atoms with Crippen LogP contribution in [0.3, 0.4) is 0 Å². The lowest BCUT2D eigenvalue weighted by atomic mass is 10.1.